The van der Waals surface area contributed by atoms with Crippen molar-refractivity contribution in [2.45, 2.75) is 39.5 Å². The Balaban J connectivity index is 3.12. The molecule has 0 aliphatic heterocycles. The van der Waals surface area contributed by atoms with Crippen LogP contribution in [0.25, 0.3) is 0 Å². The number of halogens is 1. The normalized spacial score (nSPS) is 10.7. The van der Waals surface area contributed by atoms with E-state index in [9.17, 15) is 10.1 Å². The van der Waals surface area contributed by atoms with Gasteiger partial charge in [-0.05, 0) is 6.42 Å². The fourth-order valence-electron chi connectivity index (χ4n) is 1.37. The Kier molecular flexibility index (Phi) is 5.27. The molecule has 0 aliphatic carbocycles. The molecule has 1 heterocycles. The molecule has 0 unspecified atom stereocenters. The Hall–Kier alpha value is -1.43. The Bertz CT molecular complexity index is 437. The maximum absolute atomic E-state index is 11.0. The van der Waals surface area contributed by atoms with Crippen LogP contribution in [0.4, 0.5) is 11.5 Å². The second kappa shape index (κ2) is 6.49. The first kappa shape index (κ1) is 14.6. The van der Waals surface area contributed by atoms with Crippen LogP contribution >= 0.6 is 11.6 Å². The number of rotatable bonds is 6. The standard InChI is InChI=1S/C11H17ClN4O2/c1-4-5-6-13-11-8(16(17)18)9(12)14-10(15-11)7(2)3/h7H,4-6H2,1-3H3,(H,13,14,15). The zero-order valence-electron chi connectivity index (χ0n) is 10.7. The molecule has 0 aliphatic rings. The minimum atomic E-state index is -0.555. The molecule has 0 atom stereocenters. The predicted molar refractivity (Wildman–Crippen MR) is 71.2 cm³/mol. The number of aromatic nitrogens is 2. The topological polar surface area (TPSA) is 81.0 Å². The number of hydrogen-bond donors (Lipinski definition) is 1. The van der Waals surface area contributed by atoms with E-state index in [0.29, 0.717) is 12.4 Å². The van der Waals surface area contributed by atoms with Crippen molar-refractivity contribution in [1.29, 1.82) is 0 Å². The lowest BCUT2D eigenvalue weighted by Crippen LogP contribution is -2.10. The molecule has 1 aromatic heterocycles. The van der Waals surface area contributed by atoms with Crippen LogP contribution in [0.3, 0.4) is 0 Å². The first-order valence-electron chi connectivity index (χ1n) is 5.93. The predicted octanol–water partition coefficient (Wildman–Crippen LogP) is 3.37. The van der Waals surface area contributed by atoms with Gasteiger partial charge in [-0.15, -0.1) is 0 Å². The van der Waals surface area contributed by atoms with Crippen molar-refractivity contribution < 1.29 is 4.92 Å². The van der Waals surface area contributed by atoms with Gasteiger partial charge in [-0.3, -0.25) is 10.1 Å². The molecular formula is C11H17ClN4O2. The number of hydrogen-bond acceptors (Lipinski definition) is 5. The maximum Gasteiger partial charge on any atom is 0.348 e. The quantitative estimate of drug-likeness (QED) is 0.372. The average Bonchev–Trinajstić information content (AvgIpc) is 2.27. The van der Waals surface area contributed by atoms with E-state index in [0.717, 1.165) is 12.8 Å². The molecule has 0 saturated carbocycles. The fraction of sp³-hybridized carbons (Fsp3) is 0.636. The lowest BCUT2D eigenvalue weighted by molar-refractivity contribution is -0.384. The zero-order chi connectivity index (χ0) is 13.7. The molecule has 0 saturated heterocycles. The molecule has 100 valence electrons. The molecular weight excluding hydrogens is 256 g/mol. The summed E-state index contributed by atoms with van der Waals surface area (Å²) in [4.78, 5) is 18.5. The van der Waals surface area contributed by atoms with Gasteiger partial charge in [-0.25, -0.2) is 9.97 Å². The third kappa shape index (κ3) is 3.53. The van der Waals surface area contributed by atoms with Gasteiger partial charge < -0.3 is 5.32 Å². The zero-order valence-corrected chi connectivity index (χ0v) is 11.5. The molecule has 6 nitrogen and oxygen atoms in total. The molecule has 1 N–H and O–H groups in total. The van der Waals surface area contributed by atoms with Crippen LogP contribution in [-0.4, -0.2) is 21.4 Å². The van der Waals surface area contributed by atoms with E-state index in [2.05, 4.69) is 15.3 Å². The number of nitrogens with one attached hydrogen (secondary N) is 1. The first-order chi connectivity index (χ1) is 8.47. The van der Waals surface area contributed by atoms with Crippen LogP contribution < -0.4 is 5.32 Å². The molecule has 1 aromatic rings. The van der Waals surface area contributed by atoms with Gasteiger partial charge in [0.05, 0.1) is 4.92 Å². The summed E-state index contributed by atoms with van der Waals surface area (Å²) in [6, 6.07) is 0. The summed E-state index contributed by atoms with van der Waals surface area (Å²) in [5, 5.41) is 13.8. The maximum atomic E-state index is 11.0. The van der Waals surface area contributed by atoms with Crippen LogP contribution in [0.15, 0.2) is 0 Å². The van der Waals surface area contributed by atoms with Gasteiger partial charge in [-0.1, -0.05) is 38.8 Å². The van der Waals surface area contributed by atoms with Crippen molar-refractivity contribution in [3.8, 4) is 0 Å². The van der Waals surface area contributed by atoms with Gasteiger partial charge >= 0.3 is 5.69 Å². The van der Waals surface area contributed by atoms with Gasteiger partial charge in [0.25, 0.3) is 0 Å². The Morgan fingerprint density at radius 2 is 2.11 bits per heavy atom. The lowest BCUT2D eigenvalue weighted by atomic mass is 10.2. The number of anilines is 1. The van der Waals surface area contributed by atoms with Gasteiger partial charge in [0, 0.05) is 12.5 Å². The van der Waals surface area contributed by atoms with E-state index < -0.39 is 4.92 Å². The Morgan fingerprint density at radius 1 is 1.44 bits per heavy atom. The Morgan fingerprint density at radius 3 is 2.61 bits per heavy atom. The van der Waals surface area contributed by atoms with Gasteiger partial charge in [0.15, 0.2) is 0 Å². The van der Waals surface area contributed by atoms with Crippen LogP contribution in [0.5, 0.6) is 0 Å². The van der Waals surface area contributed by atoms with Crippen LogP contribution in [-0.2, 0) is 0 Å². The number of nitrogens with zero attached hydrogens (tertiary/aromatic N) is 3. The average molecular weight is 273 g/mol. The molecule has 0 bridgehead atoms. The summed E-state index contributed by atoms with van der Waals surface area (Å²) >= 11 is 5.85. The molecule has 1 rings (SSSR count). The lowest BCUT2D eigenvalue weighted by Gasteiger charge is -2.10. The fourth-order valence-corrected chi connectivity index (χ4v) is 1.62. The largest absolute Gasteiger partial charge is 0.364 e. The molecule has 0 aromatic carbocycles. The highest BCUT2D eigenvalue weighted by Crippen LogP contribution is 2.30. The highest BCUT2D eigenvalue weighted by Gasteiger charge is 2.24. The van der Waals surface area contributed by atoms with Crippen molar-refractivity contribution in [3.05, 3.63) is 21.1 Å². The van der Waals surface area contributed by atoms with Crippen LogP contribution in [0, 0.1) is 10.1 Å². The van der Waals surface area contributed by atoms with Gasteiger partial charge in [0.2, 0.25) is 11.0 Å². The summed E-state index contributed by atoms with van der Waals surface area (Å²) in [5.41, 5.74) is -0.253. The van der Waals surface area contributed by atoms with Crippen molar-refractivity contribution in [3.63, 3.8) is 0 Å². The second-order valence-electron chi connectivity index (χ2n) is 4.26. The van der Waals surface area contributed by atoms with Crippen LogP contribution in [0.1, 0.15) is 45.4 Å². The number of nitro groups is 1. The monoisotopic (exact) mass is 272 g/mol. The second-order valence-corrected chi connectivity index (χ2v) is 4.62. The molecule has 0 amide bonds. The van der Waals surface area contributed by atoms with E-state index >= 15 is 0 Å². The van der Waals surface area contributed by atoms with E-state index in [1.807, 2.05) is 20.8 Å². The van der Waals surface area contributed by atoms with E-state index in [1.165, 1.54) is 0 Å². The van der Waals surface area contributed by atoms with E-state index in [-0.39, 0.29) is 22.6 Å². The third-order valence-electron chi connectivity index (χ3n) is 2.38. The van der Waals surface area contributed by atoms with E-state index in [1.54, 1.807) is 0 Å². The Labute approximate surface area is 111 Å². The van der Waals surface area contributed by atoms with Crippen molar-refractivity contribution in [1.82, 2.24) is 9.97 Å². The van der Waals surface area contributed by atoms with Crippen molar-refractivity contribution in [2.24, 2.45) is 0 Å². The minimum Gasteiger partial charge on any atom is -0.364 e. The summed E-state index contributed by atoms with van der Waals surface area (Å²) < 4.78 is 0. The smallest absolute Gasteiger partial charge is 0.348 e. The summed E-state index contributed by atoms with van der Waals surface area (Å²) in [7, 11) is 0. The first-order valence-corrected chi connectivity index (χ1v) is 6.30. The summed E-state index contributed by atoms with van der Waals surface area (Å²) in [6.45, 7) is 6.49. The van der Waals surface area contributed by atoms with E-state index in [4.69, 9.17) is 11.6 Å². The summed E-state index contributed by atoms with van der Waals surface area (Å²) in [5.74, 6) is 0.775. The van der Waals surface area contributed by atoms with Crippen molar-refractivity contribution in [2.75, 3.05) is 11.9 Å². The van der Waals surface area contributed by atoms with Gasteiger partial charge in [-0.2, -0.15) is 0 Å². The molecule has 0 spiro atoms. The molecule has 0 fully saturated rings. The van der Waals surface area contributed by atoms with Crippen LogP contribution in [0.2, 0.25) is 5.15 Å². The minimum absolute atomic E-state index is 0.0648. The molecule has 0 radical (unpaired) electrons. The summed E-state index contributed by atoms with van der Waals surface area (Å²) in [6.07, 6.45) is 1.91. The number of unbranched alkanes of at least 4 members (excludes halogenated alkanes) is 1. The highest BCUT2D eigenvalue weighted by atomic mass is 35.5. The van der Waals surface area contributed by atoms with Gasteiger partial charge in [0.1, 0.15) is 5.82 Å². The molecule has 18 heavy (non-hydrogen) atoms. The van der Waals surface area contributed by atoms with Crippen molar-refractivity contribution >= 4 is 23.1 Å². The SMILES string of the molecule is CCCCNc1nc(C(C)C)nc(Cl)c1[N+](=O)[O-]. The third-order valence-corrected chi connectivity index (χ3v) is 2.64. The highest BCUT2D eigenvalue weighted by molar-refractivity contribution is 6.31. The molecule has 7 heteroatoms.